The third-order valence-corrected chi connectivity index (χ3v) is 8.20. The number of piperazine rings is 1. The molecule has 3 heterocycles. The Labute approximate surface area is 184 Å². The number of benzene rings is 1. The van der Waals surface area contributed by atoms with Crippen LogP contribution >= 0.6 is 0 Å². The fraction of sp³-hybridized carbons (Fsp3) is 0.478. The summed E-state index contributed by atoms with van der Waals surface area (Å²) in [6.45, 7) is 6.87. The van der Waals surface area contributed by atoms with E-state index in [1.165, 1.54) is 10.7 Å². The lowest BCUT2D eigenvalue weighted by Gasteiger charge is -2.35. The number of hydrogen-bond donors (Lipinski definition) is 0. The number of sulfonamides is 1. The lowest BCUT2D eigenvalue weighted by atomic mass is 10.1. The molecule has 0 N–H and O–H groups in total. The SMILES string of the molecule is Cc1ccc(C)c(S(=O)(=O)N2CCN(C(=O)c3cccnc3N3CCCCC3)CC2)c1. The zero-order valence-corrected chi connectivity index (χ0v) is 19.1. The molecule has 31 heavy (non-hydrogen) atoms. The van der Waals surface area contributed by atoms with E-state index in [2.05, 4.69) is 9.88 Å². The molecule has 0 bridgehead atoms. The number of rotatable bonds is 4. The minimum absolute atomic E-state index is 0.0718. The molecule has 8 heteroatoms. The highest BCUT2D eigenvalue weighted by molar-refractivity contribution is 7.89. The Morgan fingerprint density at radius 2 is 1.65 bits per heavy atom. The largest absolute Gasteiger partial charge is 0.356 e. The second-order valence-electron chi connectivity index (χ2n) is 8.39. The lowest BCUT2D eigenvalue weighted by molar-refractivity contribution is 0.0698. The Kier molecular flexibility index (Phi) is 6.29. The fourth-order valence-electron chi connectivity index (χ4n) is 4.35. The number of anilines is 1. The van der Waals surface area contributed by atoms with Gasteiger partial charge in [-0.1, -0.05) is 12.1 Å². The average molecular weight is 443 g/mol. The Morgan fingerprint density at radius 1 is 0.935 bits per heavy atom. The van der Waals surface area contributed by atoms with Crippen molar-refractivity contribution in [2.45, 2.75) is 38.0 Å². The number of carbonyl (C=O) groups excluding carboxylic acids is 1. The molecule has 1 aromatic carbocycles. The molecule has 1 aromatic heterocycles. The van der Waals surface area contributed by atoms with Crippen molar-refractivity contribution in [2.24, 2.45) is 0 Å². The summed E-state index contributed by atoms with van der Waals surface area (Å²) in [4.78, 5) is 22.1. The molecule has 0 aliphatic carbocycles. The van der Waals surface area contributed by atoms with Crippen LogP contribution in [0.4, 0.5) is 5.82 Å². The molecule has 2 fully saturated rings. The number of aryl methyl sites for hydroxylation is 2. The van der Waals surface area contributed by atoms with Crippen LogP contribution < -0.4 is 4.90 Å². The maximum absolute atomic E-state index is 13.3. The third-order valence-electron chi connectivity index (χ3n) is 6.16. The quantitative estimate of drug-likeness (QED) is 0.728. The fourth-order valence-corrected chi connectivity index (χ4v) is 6.08. The normalized spacial score (nSPS) is 18.3. The highest BCUT2D eigenvalue weighted by Gasteiger charge is 2.32. The van der Waals surface area contributed by atoms with Gasteiger partial charge in [-0.2, -0.15) is 4.31 Å². The first-order valence-electron chi connectivity index (χ1n) is 10.9. The molecule has 0 spiro atoms. The molecule has 2 saturated heterocycles. The molecule has 4 rings (SSSR count). The van der Waals surface area contributed by atoms with E-state index in [9.17, 15) is 13.2 Å². The van der Waals surface area contributed by atoms with Crippen molar-refractivity contribution in [3.63, 3.8) is 0 Å². The Bertz CT molecular complexity index is 1060. The van der Waals surface area contributed by atoms with E-state index in [4.69, 9.17) is 0 Å². The van der Waals surface area contributed by atoms with Crippen LogP contribution in [-0.2, 0) is 10.0 Å². The van der Waals surface area contributed by atoms with E-state index in [1.54, 1.807) is 23.2 Å². The number of nitrogens with zero attached hydrogens (tertiary/aromatic N) is 4. The van der Waals surface area contributed by atoms with Crippen LogP contribution in [0.25, 0.3) is 0 Å². The highest BCUT2D eigenvalue weighted by atomic mass is 32.2. The summed E-state index contributed by atoms with van der Waals surface area (Å²) in [7, 11) is -3.58. The molecule has 0 radical (unpaired) electrons. The molecule has 2 aromatic rings. The van der Waals surface area contributed by atoms with Crippen molar-refractivity contribution in [2.75, 3.05) is 44.2 Å². The molecule has 1 amide bonds. The maximum Gasteiger partial charge on any atom is 0.257 e. The van der Waals surface area contributed by atoms with Crippen molar-refractivity contribution >= 4 is 21.7 Å². The summed E-state index contributed by atoms with van der Waals surface area (Å²) in [6, 6.07) is 9.11. The number of hydrogen-bond acceptors (Lipinski definition) is 5. The Morgan fingerprint density at radius 3 is 2.35 bits per heavy atom. The van der Waals surface area contributed by atoms with Gasteiger partial charge in [-0.05, 0) is 62.4 Å². The van der Waals surface area contributed by atoms with Gasteiger partial charge in [0, 0.05) is 45.5 Å². The molecule has 2 aliphatic rings. The summed E-state index contributed by atoms with van der Waals surface area (Å²) >= 11 is 0. The second kappa shape index (κ2) is 8.96. The van der Waals surface area contributed by atoms with Gasteiger partial charge in [0.25, 0.3) is 5.91 Å². The lowest BCUT2D eigenvalue weighted by Crippen LogP contribution is -2.50. The Hall–Kier alpha value is -2.45. The van der Waals surface area contributed by atoms with Crippen molar-refractivity contribution in [3.8, 4) is 0 Å². The topological polar surface area (TPSA) is 73.8 Å². The maximum atomic E-state index is 13.3. The zero-order valence-electron chi connectivity index (χ0n) is 18.2. The van der Waals surface area contributed by atoms with E-state index in [0.29, 0.717) is 36.6 Å². The van der Waals surface area contributed by atoms with E-state index < -0.39 is 10.0 Å². The van der Waals surface area contributed by atoms with E-state index in [0.717, 1.165) is 42.9 Å². The first-order valence-corrected chi connectivity index (χ1v) is 12.4. The van der Waals surface area contributed by atoms with Crippen LogP contribution in [-0.4, -0.2) is 67.8 Å². The van der Waals surface area contributed by atoms with E-state index >= 15 is 0 Å². The molecule has 166 valence electrons. The van der Waals surface area contributed by atoms with Crippen LogP contribution in [0.5, 0.6) is 0 Å². The summed E-state index contributed by atoms with van der Waals surface area (Å²) in [5.41, 5.74) is 2.26. The summed E-state index contributed by atoms with van der Waals surface area (Å²) < 4.78 is 27.8. The van der Waals surface area contributed by atoms with Gasteiger partial charge in [0.05, 0.1) is 10.5 Å². The molecule has 7 nitrogen and oxygen atoms in total. The van der Waals surface area contributed by atoms with Gasteiger partial charge in [0.2, 0.25) is 10.0 Å². The van der Waals surface area contributed by atoms with Crippen LogP contribution in [0.1, 0.15) is 40.7 Å². The molecule has 0 unspecified atom stereocenters. The van der Waals surface area contributed by atoms with Gasteiger partial charge in [0.15, 0.2) is 0 Å². The molecular formula is C23H30N4O3S. The molecular weight excluding hydrogens is 412 g/mol. The van der Waals surface area contributed by atoms with Crippen LogP contribution in [0.15, 0.2) is 41.4 Å². The predicted molar refractivity (Wildman–Crippen MR) is 121 cm³/mol. The summed E-state index contributed by atoms with van der Waals surface area (Å²) in [5.74, 6) is 0.676. The van der Waals surface area contributed by atoms with Gasteiger partial charge < -0.3 is 9.80 Å². The van der Waals surface area contributed by atoms with Crippen molar-refractivity contribution in [1.29, 1.82) is 0 Å². The monoisotopic (exact) mass is 442 g/mol. The smallest absolute Gasteiger partial charge is 0.257 e. The number of pyridine rings is 1. The van der Waals surface area contributed by atoms with Crippen LogP contribution in [0.3, 0.4) is 0 Å². The molecule has 2 aliphatic heterocycles. The first kappa shape index (κ1) is 21.8. The van der Waals surface area contributed by atoms with E-state index in [1.807, 2.05) is 32.0 Å². The second-order valence-corrected chi connectivity index (χ2v) is 10.3. The zero-order chi connectivity index (χ0) is 22.0. The Balaban J connectivity index is 1.48. The van der Waals surface area contributed by atoms with Gasteiger partial charge in [-0.15, -0.1) is 0 Å². The van der Waals surface area contributed by atoms with Gasteiger partial charge in [-0.25, -0.2) is 13.4 Å². The summed E-state index contributed by atoms with van der Waals surface area (Å²) in [5, 5.41) is 0. The molecule has 0 saturated carbocycles. The van der Waals surface area contributed by atoms with Crippen molar-refractivity contribution < 1.29 is 13.2 Å². The van der Waals surface area contributed by atoms with Crippen molar-refractivity contribution in [3.05, 3.63) is 53.2 Å². The van der Waals surface area contributed by atoms with E-state index in [-0.39, 0.29) is 5.91 Å². The average Bonchev–Trinajstić information content (AvgIpc) is 2.81. The van der Waals surface area contributed by atoms with Gasteiger partial charge in [0.1, 0.15) is 5.82 Å². The predicted octanol–water partition coefficient (Wildman–Crippen LogP) is 2.84. The molecule has 0 atom stereocenters. The minimum Gasteiger partial charge on any atom is -0.356 e. The number of carbonyl (C=O) groups is 1. The highest BCUT2D eigenvalue weighted by Crippen LogP contribution is 2.25. The van der Waals surface area contributed by atoms with Gasteiger partial charge >= 0.3 is 0 Å². The van der Waals surface area contributed by atoms with Crippen molar-refractivity contribution in [1.82, 2.24) is 14.2 Å². The standard InChI is InChI=1S/C23H30N4O3S/c1-18-8-9-19(2)21(17-18)31(29,30)27-15-13-26(14-16-27)23(28)20-7-6-10-24-22(20)25-11-4-3-5-12-25/h6-10,17H,3-5,11-16H2,1-2H3. The first-order chi connectivity index (χ1) is 14.9. The summed E-state index contributed by atoms with van der Waals surface area (Å²) in [6.07, 6.45) is 5.16. The number of piperidine rings is 1. The number of amides is 1. The van der Waals surface area contributed by atoms with Crippen LogP contribution in [0.2, 0.25) is 0 Å². The van der Waals surface area contributed by atoms with Crippen LogP contribution in [0, 0.1) is 13.8 Å². The third kappa shape index (κ3) is 4.45. The van der Waals surface area contributed by atoms with Gasteiger partial charge in [-0.3, -0.25) is 4.79 Å². The minimum atomic E-state index is -3.58. The number of aromatic nitrogens is 1.